The van der Waals surface area contributed by atoms with Crippen molar-refractivity contribution < 1.29 is 5.11 Å². The van der Waals surface area contributed by atoms with E-state index in [0.29, 0.717) is 12.4 Å². The van der Waals surface area contributed by atoms with Gasteiger partial charge in [0.25, 0.3) is 0 Å². The van der Waals surface area contributed by atoms with E-state index in [4.69, 9.17) is 9.97 Å². The van der Waals surface area contributed by atoms with Crippen LogP contribution >= 0.6 is 0 Å². The highest BCUT2D eigenvalue weighted by Gasteiger charge is 2.26. The number of hydrogen-bond donors (Lipinski definition) is 2. The molecule has 1 unspecified atom stereocenters. The van der Waals surface area contributed by atoms with Crippen molar-refractivity contribution >= 4 is 44.2 Å². The number of allylic oxidation sites excluding steroid dienone is 4. The average molecular weight is 432 g/mol. The van der Waals surface area contributed by atoms with Gasteiger partial charge in [-0.15, -0.1) is 0 Å². The molecule has 1 aliphatic carbocycles. The number of rotatable bonds is 3. The predicted octanol–water partition coefficient (Wildman–Crippen LogP) is 4.25. The van der Waals surface area contributed by atoms with Crippen molar-refractivity contribution in [2.75, 3.05) is 18.0 Å². The maximum absolute atomic E-state index is 10.3. The molecule has 33 heavy (non-hydrogen) atoms. The van der Waals surface area contributed by atoms with Gasteiger partial charge < -0.3 is 15.0 Å². The number of aliphatic hydroxyl groups is 1. The lowest BCUT2D eigenvalue weighted by Crippen LogP contribution is -2.23. The molecule has 1 saturated heterocycles. The van der Waals surface area contributed by atoms with E-state index in [2.05, 4.69) is 44.1 Å². The molecule has 5 heterocycles. The first-order valence-electron chi connectivity index (χ1n) is 11.1. The minimum Gasteiger partial charge on any atom is -0.391 e. The molecule has 160 valence electrons. The smallest absolute Gasteiger partial charge is 0.163 e. The van der Waals surface area contributed by atoms with Gasteiger partial charge in [-0.2, -0.15) is 0 Å². The first-order chi connectivity index (χ1) is 16.3. The summed E-state index contributed by atoms with van der Waals surface area (Å²) in [5.41, 5.74) is 5.70. The second kappa shape index (κ2) is 6.95. The van der Waals surface area contributed by atoms with Crippen LogP contribution in [0, 0.1) is 0 Å². The Hall–Kier alpha value is -4.10. The van der Waals surface area contributed by atoms with Gasteiger partial charge in [0.2, 0.25) is 0 Å². The van der Waals surface area contributed by atoms with Crippen LogP contribution < -0.4 is 4.90 Å². The zero-order valence-corrected chi connectivity index (χ0v) is 17.7. The number of hydrogen-bond acceptors (Lipinski definition) is 6. The molecular weight excluding hydrogens is 412 g/mol. The van der Waals surface area contributed by atoms with Crippen molar-refractivity contribution in [3.8, 4) is 11.4 Å². The standard InChI is InChI=1S/C26H20N6O/c33-16-9-11-32(14-16)26-23-19(15-4-3-5-15)12-27-13-21(23)30-24(31-26)18-8-10-28-25-22(18)17-6-1-2-7-20(17)29-25/h1-8,10,12-13,16,33H,9,11,14H2,(H,28,29). The minimum absolute atomic E-state index is 0.354. The number of anilines is 1. The van der Waals surface area contributed by atoms with Gasteiger partial charge in [0.15, 0.2) is 5.82 Å². The number of H-pyrrole nitrogens is 1. The van der Waals surface area contributed by atoms with E-state index < -0.39 is 0 Å². The average Bonchev–Trinajstić information content (AvgIpc) is 3.40. The first-order valence-corrected chi connectivity index (χ1v) is 11.1. The van der Waals surface area contributed by atoms with Gasteiger partial charge in [0.1, 0.15) is 11.5 Å². The van der Waals surface area contributed by atoms with E-state index in [-0.39, 0.29) is 6.10 Å². The molecule has 5 aromatic rings. The number of β-amino-alcohol motifs (C(OH)–C–C–N with tert-alkyl or cyclic N) is 1. The number of aromatic amines is 1. The Balaban J connectivity index is 1.53. The lowest BCUT2D eigenvalue weighted by molar-refractivity contribution is 0.198. The Morgan fingerprint density at radius 2 is 1.94 bits per heavy atom. The zero-order chi connectivity index (χ0) is 21.9. The fourth-order valence-corrected chi connectivity index (χ4v) is 4.89. The molecule has 1 aromatic carbocycles. The molecule has 1 atom stereocenters. The molecule has 2 N–H and O–H groups in total. The van der Waals surface area contributed by atoms with Crippen LogP contribution in [0.1, 0.15) is 12.0 Å². The number of benzene rings is 1. The molecule has 1 fully saturated rings. The van der Waals surface area contributed by atoms with E-state index in [9.17, 15) is 5.11 Å². The molecule has 0 spiro atoms. The van der Waals surface area contributed by atoms with Crippen molar-refractivity contribution in [1.29, 1.82) is 0 Å². The SMILES string of the molecule is OC1CCN(c2nc(-c3ccnc4[nH]c5ccccc5c34)nc3cncc(C4=CC=C4)c23)C1. The third-order valence-electron chi connectivity index (χ3n) is 6.55. The summed E-state index contributed by atoms with van der Waals surface area (Å²) in [5, 5.41) is 13.3. The van der Waals surface area contributed by atoms with Crippen LogP contribution in [0.3, 0.4) is 0 Å². The molecule has 1 aliphatic heterocycles. The highest BCUT2D eigenvalue weighted by molar-refractivity contribution is 6.13. The summed E-state index contributed by atoms with van der Waals surface area (Å²) in [6.45, 7) is 1.31. The van der Waals surface area contributed by atoms with Gasteiger partial charge >= 0.3 is 0 Å². The number of para-hydroxylation sites is 1. The molecule has 4 aromatic heterocycles. The van der Waals surface area contributed by atoms with Crippen molar-refractivity contribution in [3.63, 3.8) is 0 Å². The molecule has 0 radical (unpaired) electrons. The Labute approximate surface area is 189 Å². The van der Waals surface area contributed by atoms with Gasteiger partial charge in [-0.1, -0.05) is 36.4 Å². The van der Waals surface area contributed by atoms with Crippen LogP contribution in [-0.2, 0) is 0 Å². The maximum atomic E-state index is 10.3. The van der Waals surface area contributed by atoms with Crippen molar-refractivity contribution in [1.82, 2.24) is 24.9 Å². The summed E-state index contributed by atoms with van der Waals surface area (Å²) in [7, 11) is 0. The second-order valence-electron chi connectivity index (χ2n) is 8.57. The highest BCUT2D eigenvalue weighted by atomic mass is 16.3. The van der Waals surface area contributed by atoms with Crippen LogP contribution in [-0.4, -0.2) is 49.2 Å². The lowest BCUT2D eigenvalue weighted by atomic mass is 9.97. The number of fused-ring (bicyclic) bond motifs is 4. The summed E-state index contributed by atoms with van der Waals surface area (Å²) in [5.74, 6) is 1.48. The molecule has 0 bridgehead atoms. The third-order valence-corrected chi connectivity index (χ3v) is 6.55. The third kappa shape index (κ3) is 2.79. The van der Waals surface area contributed by atoms with Gasteiger partial charge in [0.05, 0.1) is 23.2 Å². The van der Waals surface area contributed by atoms with Gasteiger partial charge in [-0.25, -0.2) is 15.0 Å². The van der Waals surface area contributed by atoms with Gasteiger partial charge in [0, 0.05) is 52.9 Å². The second-order valence-corrected chi connectivity index (χ2v) is 8.57. The van der Waals surface area contributed by atoms with E-state index in [1.165, 1.54) is 0 Å². The van der Waals surface area contributed by atoms with Crippen LogP contribution in [0.5, 0.6) is 0 Å². The Kier molecular flexibility index (Phi) is 3.89. The van der Waals surface area contributed by atoms with Crippen molar-refractivity contribution in [3.05, 3.63) is 72.7 Å². The lowest BCUT2D eigenvalue weighted by Gasteiger charge is -2.22. The molecule has 0 amide bonds. The summed E-state index contributed by atoms with van der Waals surface area (Å²) in [6, 6.07) is 10.2. The van der Waals surface area contributed by atoms with Crippen LogP contribution in [0.25, 0.3) is 49.8 Å². The Bertz CT molecular complexity index is 1630. The fraction of sp³-hybridized carbons (Fsp3) is 0.154. The quantitative estimate of drug-likeness (QED) is 0.443. The molecule has 7 nitrogen and oxygen atoms in total. The topological polar surface area (TPSA) is 90.8 Å². The molecule has 2 aliphatic rings. The predicted molar refractivity (Wildman–Crippen MR) is 130 cm³/mol. The minimum atomic E-state index is -0.354. The van der Waals surface area contributed by atoms with Crippen LogP contribution in [0.4, 0.5) is 5.82 Å². The summed E-state index contributed by atoms with van der Waals surface area (Å²) in [6.07, 6.45) is 12.0. The Morgan fingerprint density at radius 1 is 1.03 bits per heavy atom. The van der Waals surface area contributed by atoms with Crippen molar-refractivity contribution in [2.45, 2.75) is 12.5 Å². The van der Waals surface area contributed by atoms with E-state index in [1.54, 1.807) is 12.4 Å². The van der Waals surface area contributed by atoms with E-state index in [0.717, 1.165) is 68.3 Å². The van der Waals surface area contributed by atoms with Crippen molar-refractivity contribution in [2.24, 2.45) is 0 Å². The number of aromatic nitrogens is 5. The molecule has 7 heteroatoms. The molecule has 7 rings (SSSR count). The maximum Gasteiger partial charge on any atom is 0.163 e. The number of aliphatic hydroxyl groups excluding tert-OH is 1. The largest absolute Gasteiger partial charge is 0.391 e. The first kappa shape index (κ1) is 18.5. The normalized spacial score (nSPS) is 17.8. The van der Waals surface area contributed by atoms with Gasteiger partial charge in [-0.3, -0.25) is 4.98 Å². The monoisotopic (exact) mass is 432 g/mol. The highest BCUT2D eigenvalue weighted by Crippen LogP contribution is 2.38. The molecule has 0 saturated carbocycles. The summed E-state index contributed by atoms with van der Waals surface area (Å²) in [4.78, 5) is 24.7. The summed E-state index contributed by atoms with van der Waals surface area (Å²) >= 11 is 0. The van der Waals surface area contributed by atoms with Crippen LogP contribution in [0.15, 0.2) is 67.2 Å². The van der Waals surface area contributed by atoms with E-state index >= 15 is 0 Å². The zero-order valence-electron chi connectivity index (χ0n) is 17.7. The fourth-order valence-electron chi connectivity index (χ4n) is 4.89. The number of nitrogens with zero attached hydrogens (tertiary/aromatic N) is 5. The Morgan fingerprint density at radius 3 is 2.76 bits per heavy atom. The van der Waals surface area contributed by atoms with Gasteiger partial charge in [-0.05, 0) is 24.1 Å². The molecular formula is C26H20N6O. The number of pyridine rings is 2. The summed E-state index contributed by atoms with van der Waals surface area (Å²) < 4.78 is 0. The van der Waals surface area contributed by atoms with E-state index in [1.807, 2.05) is 30.5 Å². The number of nitrogens with one attached hydrogen (secondary N) is 1. The van der Waals surface area contributed by atoms with Crippen LogP contribution in [0.2, 0.25) is 0 Å².